The third-order valence-electron chi connectivity index (χ3n) is 2.68. The zero-order chi connectivity index (χ0) is 14.0. The molecule has 2 aromatic carbocycles. The van der Waals surface area contributed by atoms with Crippen molar-refractivity contribution in [3.8, 4) is 0 Å². The van der Waals surface area contributed by atoms with Crippen molar-refractivity contribution in [3.05, 3.63) is 69.7 Å². The molecule has 1 unspecified atom stereocenters. The summed E-state index contributed by atoms with van der Waals surface area (Å²) >= 11 is 6.37. The Balaban J connectivity index is 2.42. The monoisotopic (exact) mass is 392 g/mol. The second kappa shape index (κ2) is 5.67. The number of alkyl halides is 4. The molecule has 2 aromatic rings. The molecule has 0 nitrogen and oxygen atoms in total. The van der Waals surface area contributed by atoms with E-state index in [1.54, 1.807) is 6.07 Å². The highest BCUT2D eigenvalue weighted by molar-refractivity contribution is 9.10. The van der Waals surface area contributed by atoms with Gasteiger partial charge in [-0.3, -0.25) is 0 Å². The molecular formula is C14H9Br2F3. The second-order valence-electron chi connectivity index (χ2n) is 4.01. The highest BCUT2D eigenvalue weighted by Crippen LogP contribution is 2.39. The molecule has 19 heavy (non-hydrogen) atoms. The van der Waals surface area contributed by atoms with Gasteiger partial charge in [0.05, 0.1) is 10.4 Å². The molecule has 0 aromatic heterocycles. The summed E-state index contributed by atoms with van der Waals surface area (Å²) in [5, 5.41) is 0. The van der Waals surface area contributed by atoms with Crippen LogP contribution in [0.4, 0.5) is 13.2 Å². The quantitative estimate of drug-likeness (QED) is 0.553. The van der Waals surface area contributed by atoms with Crippen LogP contribution in [0.3, 0.4) is 0 Å². The van der Waals surface area contributed by atoms with Gasteiger partial charge < -0.3 is 0 Å². The normalized spacial score (nSPS) is 13.3. The van der Waals surface area contributed by atoms with E-state index < -0.39 is 11.7 Å². The van der Waals surface area contributed by atoms with Crippen LogP contribution in [-0.2, 0) is 6.18 Å². The van der Waals surface area contributed by atoms with E-state index in [9.17, 15) is 13.2 Å². The first-order valence-electron chi connectivity index (χ1n) is 5.45. The van der Waals surface area contributed by atoms with Gasteiger partial charge in [0, 0.05) is 4.47 Å². The van der Waals surface area contributed by atoms with Gasteiger partial charge in [-0.1, -0.05) is 68.3 Å². The molecule has 0 bridgehead atoms. The standard InChI is InChI=1S/C14H9Br2F3/c15-12-7-6-10(8-11(12)14(17,18)19)13(16)9-4-2-1-3-5-9/h1-8,13H. The van der Waals surface area contributed by atoms with E-state index >= 15 is 0 Å². The van der Waals surface area contributed by atoms with Crippen molar-refractivity contribution in [1.29, 1.82) is 0 Å². The lowest BCUT2D eigenvalue weighted by molar-refractivity contribution is -0.138. The lowest BCUT2D eigenvalue weighted by Gasteiger charge is -2.15. The predicted octanol–water partition coefficient (Wildman–Crippen LogP) is 5.95. The van der Waals surface area contributed by atoms with Crippen molar-refractivity contribution in [3.63, 3.8) is 0 Å². The fraction of sp³-hybridized carbons (Fsp3) is 0.143. The van der Waals surface area contributed by atoms with Crippen LogP contribution in [0.25, 0.3) is 0 Å². The van der Waals surface area contributed by atoms with Gasteiger partial charge in [0.2, 0.25) is 0 Å². The minimum Gasteiger partial charge on any atom is -0.166 e. The molecule has 0 fully saturated rings. The number of benzene rings is 2. The molecule has 5 heteroatoms. The Morgan fingerprint density at radius 1 is 0.895 bits per heavy atom. The summed E-state index contributed by atoms with van der Waals surface area (Å²) in [5.74, 6) is 0. The van der Waals surface area contributed by atoms with Crippen molar-refractivity contribution in [1.82, 2.24) is 0 Å². The highest BCUT2D eigenvalue weighted by Gasteiger charge is 2.33. The average Bonchev–Trinajstić information content (AvgIpc) is 2.38. The van der Waals surface area contributed by atoms with E-state index in [-0.39, 0.29) is 9.30 Å². The van der Waals surface area contributed by atoms with Crippen LogP contribution >= 0.6 is 31.9 Å². The Kier molecular flexibility index (Phi) is 4.36. The van der Waals surface area contributed by atoms with E-state index in [0.717, 1.165) is 11.6 Å². The SMILES string of the molecule is FC(F)(F)c1cc(C(Br)c2ccccc2)ccc1Br. The number of halogens is 5. The maximum Gasteiger partial charge on any atom is 0.417 e. The number of hydrogen-bond donors (Lipinski definition) is 0. The van der Waals surface area contributed by atoms with Crippen LogP contribution in [0.15, 0.2) is 53.0 Å². The number of hydrogen-bond acceptors (Lipinski definition) is 0. The van der Waals surface area contributed by atoms with Crippen LogP contribution < -0.4 is 0 Å². The molecule has 0 aliphatic carbocycles. The van der Waals surface area contributed by atoms with E-state index in [1.807, 2.05) is 30.3 Å². The largest absolute Gasteiger partial charge is 0.417 e. The Morgan fingerprint density at radius 2 is 1.53 bits per heavy atom. The van der Waals surface area contributed by atoms with E-state index in [2.05, 4.69) is 31.9 Å². The Hall–Kier alpha value is -0.810. The maximum absolute atomic E-state index is 12.8. The maximum atomic E-state index is 12.8. The molecule has 1 atom stereocenters. The van der Waals surface area contributed by atoms with Gasteiger partial charge in [0.15, 0.2) is 0 Å². The number of rotatable bonds is 2. The molecule has 2 rings (SSSR count). The Morgan fingerprint density at radius 3 is 2.11 bits per heavy atom. The summed E-state index contributed by atoms with van der Waals surface area (Å²) in [7, 11) is 0. The van der Waals surface area contributed by atoms with E-state index in [1.165, 1.54) is 6.07 Å². The highest BCUT2D eigenvalue weighted by atomic mass is 79.9. The molecule has 0 N–H and O–H groups in total. The van der Waals surface area contributed by atoms with Gasteiger partial charge in [-0.25, -0.2) is 0 Å². The third kappa shape index (κ3) is 3.39. The first-order valence-corrected chi connectivity index (χ1v) is 7.16. The lowest BCUT2D eigenvalue weighted by atomic mass is 10.0. The van der Waals surface area contributed by atoms with Gasteiger partial charge in [0.1, 0.15) is 0 Å². The summed E-state index contributed by atoms with van der Waals surface area (Å²) in [6.07, 6.45) is -4.36. The zero-order valence-corrected chi connectivity index (χ0v) is 12.8. The van der Waals surface area contributed by atoms with Crippen LogP contribution in [0.2, 0.25) is 0 Å². The average molecular weight is 394 g/mol. The summed E-state index contributed by atoms with van der Waals surface area (Å²) in [6.45, 7) is 0. The molecule has 0 aliphatic heterocycles. The van der Waals surface area contributed by atoms with E-state index in [4.69, 9.17) is 0 Å². The van der Waals surface area contributed by atoms with Gasteiger partial charge >= 0.3 is 6.18 Å². The van der Waals surface area contributed by atoms with Gasteiger partial charge in [0.25, 0.3) is 0 Å². The molecule has 0 saturated carbocycles. The van der Waals surface area contributed by atoms with Crippen molar-refractivity contribution in [2.24, 2.45) is 0 Å². The van der Waals surface area contributed by atoms with Crippen LogP contribution in [0, 0.1) is 0 Å². The fourth-order valence-electron chi connectivity index (χ4n) is 1.73. The minimum absolute atomic E-state index is 0.0523. The minimum atomic E-state index is -4.36. The lowest BCUT2D eigenvalue weighted by Crippen LogP contribution is -2.07. The first-order chi connectivity index (χ1) is 8.89. The summed E-state index contributed by atoms with van der Waals surface area (Å²) < 4.78 is 38.6. The molecule has 0 heterocycles. The molecule has 0 aliphatic rings. The fourth-order valence-corrected chi connectivity index (χ4v) is 2.79. The van der Waals surface area contributed by atoms with Crippen LogP contribution in [0.1, 0.15) is 21.5 Å². The molecule has 0 spiro atoms. The van der Waals surface area contributed by atoms with Gasteiger partial charge in [-0.15, -0.1) is 0 Å². The topological polar surface area (TPSA) is 0 Å². The summed E-state index contributed by atoms with van der Waals surface area (Å²) in [6, 6.07) is 13.6. The summed E-state index contributed by atoms with van der Waals surface area (Å²) in [4.78, 5) is -0.261. The van der Waals surface area contributed by atoms with Crippen molar-refractivity contribution < 1.29 is 13.2 Å². The van der Waals surface area contributed by atoms with Crippen molar-refractivity contribution in [2.75, 3.05) is 0 Å². The Labute approximate surface area is 125 Å². The molecule has 0 radical (unpaired) electrons. The second-order valence-corrected chi connectivity index (χ2v) is 5.78. The van der Waals surface area contributed by atoms with Crippen molar-refractivity contribution in [2.45, 2.75) is 11.0 Å². The zero-order valence-electron chi connectivity index (χ0n) is 9.59. The third-order valence-corrected chi connectivity index (χ3v) is 4.43. The molecule has 0 amide bonds. The molecular weight excluding hydrogens is 385 g/mol. The molecule has 100 valence electrons. The van der Waals surface area contributed by atoms with Crippen LogP contribution in [-0.4, -0.2) is 0 Å². The van der Waals surface area contributed by atoms with Crippen LogP contribution in [0.5, 0.6) is 0 Å². The predicted molar refractivity (Wildman–Crippen MR) is 76.4 cm³/mol. The smallest absolute Gasteiger partial charge is 0.166 e. The van der Waals surface area contributed by atoms with Crippen molar-refractivity contribution >= 4 is 31.9 Å². The Bertz CT molecular complexity index is 565. The first kappa shape index (κ1) is 14.6. The van der Waals surface area contributed by atoms with Gasteiger partial charge in [-0.05, 0) is 23.3 Å². The van der Waals surface area contributed by atoms with E-state index in [0.29, 0.717) is 5.56 Å². The van der Waals surface area contributed by atoms with Gasteiger partial charge in [-0.2, -0.15) is 13.2 Å². The summed E-state index contributed by atoms with van der Waals surface area (Å²) in [5.41, 5.74) is 0.824. The molecule has 0 saturated heterocycles.